The maximum absolute atomic E-state index is 13.2. The van der Waals surface area contributed by atoms with E-state index in [1.165, 1.54) is 4.90 Å². The minimum absolute atomic E-state index is 0.230. The number of ether oxygens (including phenoxy) is 1. The van der Waals surface area contributed by atoms with E-state index in [0.717, 1.165) is 17.0 Å². The summed E-state index contributed by atoms with van der Waals surface area (Å²) in [7, 11) is 1.59. The zero-order valence-electron chi connectivity index (χ0n) is 16.8. The van der Waals surface area contributed by atoms with Crippen molar-refractivity contribution in [2.24, 2.45) is 0 Å². The largest absolute Gasteiger partial charge is 0.497 e. The van der Waals surface area contributed by atoms with Crippen LogP contribution < -0.4 is 4.74 Å². The number of hydrogen-bond donors (Lipinski definition) is 0. The molecule has 146 valence electrons. The van der Waals surface area contributed by atoms with Gasteiger partial charge in [0.05, 0.1) is 7.11 Å². The third-order valence-electron chi connectivity index (χ3n) is 4.73. The summed E-state index contributed by atoms with van der Waals surface area (Å²) in [6, 6.07) is 9.12. The molecule has 0 fully saturated rings. The van der Waals surface area contributed by atoms with E-state index >= 15 is 0 Å². The smallest absolute Gasteiger partial charge is 0.295 e. The number of aryl methyl sites for hydroxylation is 2. The molecule has 3 aromatic rings. The average Bonchev–Trinajstić information content (AvgIpc) is 3.08. The number of carbonyl (C=O) groups excluding carboxylic acids is 2. The fourth-order valence-electron chi connectivity index (χ4n) is 3.24. The number of carbonyl (C=O) groups is 2. The molecule has 0 spiro atoms. The second-order valence-electron chi connectivity index (χ2n) is 6.53. The summed E-state index contributed by atoms with van der Waals surface area (Å²) in [4.78, 5) is 32.0. The number of hydrogen-bond acceptors (Lipinski definition) is 5. The number of rotatable bonds is 6. The van der Waals surface area contributed by atoms with Gasteiger partial charge in [0, 0.05) is 30.0 Å². The Morgan fingerprint density at radius 1 is 1.11 bits per heavy atom. The average molecular weight is 380 g/mol. The predicted molar refractivity (Wildman–Crippen MR) is 107 cm³/mol. The maximum atomic E-state index is 13.2. The highest BCUT2D eigenvalue weighted by molar-refractivity contribution is 6.45. The molecule has 7 nitrogen and oxygen atoms in total. The van der Waals surface area contributed by atoms with Crippen molar-refractivity contribution in [1.82, 2.24) is 19.5 Å². The van der Waals surface area contributed by atoms with Crippen LogP contribution in [0, 0.1) is 13.8 Å². The van der Waals surface area contributed by atoms with E-state index in [2.05, 4.69) is 10.1 Å². The van der Waals surface area contributed by atoms with Crippen molar-refractivity contribution >= 4 is 17.3 Å². The lowest BCUT2D eigenvalue weighted by Crippen LogP contribution is -2.36. The van der Waals surface area contributed by atoms with E-state index in [1.54, 1.807) is 23.8 Å². The van der Waals surface area contributed by atoms with Crippen LogP contribution >= 0.6 is 0 Å². The van der Waals surface area contributed by atoms with Crippen LogP contribution in [0.1, 0.15) is 35.6 Å². The Bertz CT molecular complexity index is 1030. The maximum Gasteiger partial charge on any atom is 0.295 e. The highest BCUT2D eigenvalue weighted by atomic mass is 16.5. The Morgan fingerprint density at radius 2 is 1.75 bits per heavy atom. The standard InChI is InChI=1S/C21H24N4O3/c1-6-24(7-2)21(27)19(26)17-18(15-8-10-16(28-5)11-9-15)23-25-14(4)12-13(3)22-20(17)25/h8-12H,6-7H2,1-5H3. The molecular formula is C21H24N4O3. The molecule has 0 aliphatic heterocycles. The molecule has 0 unspecified atom stereocenters. The third kappa shape index (κ3) is 3.35. The van der Waals surface area contributed by atoms with Gasteiger partial charge >= 0.3 is 0 Å². The molecule has 0 radical (unpaired) electrons. The summed E-state index contributed by atoms with van der Waals surface area (Å²) in [6.07, 6.45) is 0. The molecule has 0 bridgehead atoms. The Hall–Kier alpha value is -3.22. The molecule has 2 aromatic heterocycles. The number of benzene rings is 1. The van der Waals surface area contributed by atoms with Crippen LogP contribution in [0.3, 0.4) is 0 Å². The van der Waals surface area contributed by atoms with Crippen molar-refractivity contribution in [3.8, 4) is 17.0 Å². The first kappa shape index (κ1) is 19.5. The molecular weight excluding hydrogens is 356 g/mol. The fourth-order valence-corrected chi connectivity index (χ4v) is 3.24. The molecule has 7 heteroatoms. The number of methoxy groups -OCH3 is 1. The van der Waals surface area contributed by atoms with Gasteiger partial charge in [0.25, 0.3) is 11.7 Å². The lowest BCUT2D eigenvalue weighted by atomic mass is 10.0. The Morgan fingerprint density at radius 3 is 2.32 bits per heavy atom. The van der Waals surface area contributed by atoms with Crippen molar-refractivity contribution in [3.63, 3.8) is 0 Å². The van der Waals surface area contributed by atoms with E-state index in [-0.39, 0.29) is 5.56 Å². The predicted octanol–water partition coefficient (Wildman–Crippen LogP) is 3.07. The summed E-state index contributed by atoms with van der Waals surface area (Å²) < 4.78 is 6.83. The summed E-state index contributed by atoms with van der Waals surface area (Å²) >= 11 is 0. The molecule has 0 saturated heterocycles. The highest BCUT2D eigenvalue weighted by Gasteiger charge is 2.30. The van der Waals surface area contributed by atoms with E-state index in [9.17, 15) is 9.59 Å². The van der Waals surface area contributed by atoms with Crippen molar-refractivity contribution in [2.75, 3.05) is 20.2 Å². The summed E-state index contributed by atoms with van der Waals surface area (Å²) in [5, 5.41) is 4.62. The quantitative estimate of drug-likeness (QED) is 0.485. The molecule has 1 aromatic carbocycles. The van der Waals surface area contributed by atoms with Gasteiger partial charge in [-0.1, -0.05) is 0 Å². The third-order valence-corrected chi connectivity index (χ3v) is 4.73. The van der Waals surface area contributed by atoms with Gasteiger partial charge in [-0.2, -0.15) is 5.10 Å². The number of Topliss-reactive ketones (excluding diaryl/α,β-unsaturated/α-hetero) is 1. The molecule has 0 atom stereocenters. The zero-order chi connectivity index (χ0) is 20.4. The zero-order valence-corrected chi connectivity index (χ0v) is 16.8. The first-order chi connectivity index (χ1) is 13.4. The van der Waals surface area contributed by atoms with Crippen LogP contribution in [0.15, 0.2) is 30.3 Å². The number of fused-ring (bicyclic) bond motifs is 1. The molecule has 0 aliphatic rings. The minimum Gasteiger partial charge on any atom is -0.497 e. The van der Waals surface area contributed by atoms with Crippen molar-refractivity contribution in [2.45, 2.75) is 27.7 Å². The van der Waals surface area contributed by atoms with Crippen molar-refractivity contribution < 1.29 is 14.3 Å². The molecule has 2 heterocycles. The van der Waals surface area contributed by atoms with E-state index in [1.807, 2.05) is 45.9 Å². The Kier molecular flexibility index (Phi) is 5.44. The fraction of sp³-hybridized carbons (Fsp3) is 0.333. The van der Waals surface area contributed by atoms with Crippen molar-refractivity contribution in [3.05, 3.63) is 47.3 Å². The molecule has 28 heavy (non-hydrogen) atoms. The Labute approximate surface area is 163 Å². The van der Waals surface area contributed by atoms with Crippen LogP contribution in [-0.4, -0.2) is 51.4 Å². The first-order valence-corrected chi connectivity index (χ1v) is 9.26. The van der Waals surface area contributed by atoms with Gasteiger partial charge in [-0.15, -0.1) is 0 Å². The number of amides is 1. The van der Waals surface area contributed by atoms with E-state index in [0.29, 0.717) is 30.2 Å². The van der Waals surface area contributed by atoms with E-state index < -0.39 is 11.7 Å². The second-order valence-corrected chi connectivity index (χ2v) is 6.53. The Balaban J connectivity index is 2.25. The van der Waals surface area contributed by atoms with Crippen molar-refractivity contribution in [1.29, 1.82) is 0 Å². The summed E-state index contributed by atoms with van der Waals surface area (Å²) in [5.41, 5.74) is 3.39. The summed E-state index contributed by atoms with van der Waals surface area (Å²) in [6.45, 7) is 8.37. The number of aromatic nitrogens is 3. The topological polar surface area (TPSA) is 76.8 Å². The van der Waals surface area contributed by atoms with E-state index in [4.69, 9.17) is 4.74 Å². The minimum atomic E-state index is -0.595. The molecule has 0 saturated carbocycles. The van der Waals surface area contributed by atoms with Gasteiger partial charge < -0.3 is 9.64 Å². The van der Waals surface area contributed by atoms with Crippen LogP contribution in [0.25, 0.3) is 16.9 Å². The van der Waals surface area contributed by atoms with Gasteiger partial charge in [0.2, 0.25) is 0 Å². The van der Waals surface area contributed by atoms with Crippen LogP contribution in [0.5, 0.6) is 5.75 Å². The van der Waals surface area contributed by atoms with Gasteiger partial charge in [0.15, 0.2) is 5.65 Å². The molecule has 0 N–H and O–H groups in total. The van der Waals surface area contributed by atoms with Gasteiger partial charge in [-0.05, 0) is 58.0 Å². The number of likely N-dealkylation sites (N-methyl/N-ethyl adjacent to an activating group) is 1. The lowest BCUT2D eigenvalue weighted by molar-refractivity contribution is -0.126. The monoisotopic (exact) mass is 380 g/mol. The number of nitrogens with zero attached hydrogens (tertiary/aromatic N) is 4. The summed E-state index contributed by atoms with van der Waals surface area (Å²) in [5.74, 6) is -0.442. The molecule has 0 aliphatic carbocycles. The molecule has 3 rings (SSSR count). The van der Waals surface area contributed by atoms with Crippen LogP contribution in [0.4, 0.5) is 0 Å². The molecule has 1 amide bonds. The lowest BCUT2D eigenvalue weighted by Gasteiger charge is -2.17. The normalized spacial score (nSPS) is 10.9. The van der Waals surface area contributed by atoms with Gasteiger partial charge in [-0.25, -0.2) is 9.50 Å². The second kappa shape index (κ2) is 7.80. The van der Waals surface area contributed by atoms with Gasteiger partial charge in [-0.3, -0.25) is 9.59 Å². The van der Waals surface area contributed by atoms with Crippen LogP contribution in [0.2, 0.25) is 0 Å². The highest BCUT2D eigenvalue weighted by Crippen LogP contribution is 2.28. The first-order valence-electron chi connectivity index (χ1n) is 9.26. The van der Waals surface area contributed by atoms with Gasteiger partial charge in [0.1, 0.15) is 17.0 Å². The van der Waals surface area contributed by atoms with Crippen LogP contribution in [-0.2, 0) is 4.79 Å². The number of ketones is 1. The SMILES string of the molecule is CCN(CC)C(=O)C(=O)c1c(-c2ccc(OC)cc2)nn2c(C)cc(C)nc12.